The number of nitrogens with two attached hydrogens (primary N) is 2. The summed E-state index contributed by atoms with van der Waals surface area (Å²) in [5.41, 5.74) is 11.0. The average molecular weight is 415 g/mol. The van der Waals surface area contributed by atoms with E-state index in [2.05, 4.69) is 16.0 Å². The Bertz CT molecular complexity index is 610. The molecule has 0 aromatic carbocycles. The number of aliphatic carboxylic acids is 1. The lowest BCUT2D eigenvalue weighted by molar-refractivity contribution is -0.139. The zero-order valence-electron chi connectivity index (χ0n) is 17.4. The van der Waals surface area contributed by atoms with Crippen molar-refractivity contribution in [1.29, 1.82) is 0 Å². The van der Waals surface area contributed by atoms with Gasteiger partial charge in [-0.2, -0.15) is 0 Å². The summed E-state index contributed by atoms with van der Waals surface area (Å²) >= 11 is 0. The van der Waals surface area contributed by atoms with E-state index in [1.807, 2.05) is 13.8 Å². The molecule has 4 unspecified atom stereocenters. The summed E-state index contributed by atoms with van der Waals surface area (Å²) in [5.74, 6) is -4.33. The molecule has 0 bridgehead atoms. The maximum atomic E-state index is 12.7. The summed E-state index contributed by atoms with van der Waals surface area (Å²) in [7, 11) is 0. The number of carboxylic acids is 1. The van der Waals surface area contributed by atoms with Crippen molar-refractivity contribution < 1.29 is 29.1 Å². The molecule has 8 N–H and O–H groups in total. The minimum Gasteiger partial charge on any atom is -0.480 e. The Morgan fingerprint density at radius 2 is 1.55 bits per heavy atom. The van der Waals surface area contributed by atoms with E-state index in [-0.39, 0.29) is 11.8 Å². The Labute approximate surface area is 170 Å². The fourth-order valence-electron chi connectivity index (χ4n) is 2.53. The topological polar surface area (TPSA) is 194 Å². The molecule has 0 heterocycles. The van der Waals surface area contributed by atoms with Gasteiger partial charge in [-0.25, -0.2) is 0 Å². The van der Waals surface area contributed by atoms with Gasteiger partial charge in [-0.15, -0.1) is 0 Å². The maximum Gasteiger partial charge on any atom is 0.322 e. The third kappa shape index (κ3) is 10.4. The third-order valence-electron chi connectivity index (χ3n) is 4.31. The Balaban J connectivity index is 5.31. The Morgan fingerprint density at radius 3 is 2.00 bits per heavy atom. The zero-order chi connectivity index (χ0) is 22.7. The molecule has 0 radical (unpaired) electrons. The largest absolute Gasteiger partial charge is 0.480 e. The molecule has 0 spiro atoms. The molecule has 11 heteroatoms. The van der Waals surface area contributed by atoms with Gasteiger partial charge in [0.25, 0.3) is 0 Å². The van der Waals surface area contributed by atoms with Crippen LogP contribution in [-0.4, -0.2) is 59.4 Å². The fraction of sp³-hybridized carbons (Fsp3) is 0.722. The van der Waals surface area contributed by atoms with Crippen molar-refractivity contribution in [2.24, 2.45) is 23.3 Å². The molecule has 0 rings (SSSR count). The second-order valence-corrected chi connectivity index (χ2v) is 7.45. The van der Waals surface area contributed by atoms with Crippen LogP contribution in [0.5, 0.6) is 0 Å². The van der Waals surface area contributed by atoms with Crippen LogP contribution < -0.4 is 27.4 Å². The molecule has 0 aliphatic heterocycles. The highest BCUT2D eigenvalue weighted by molar-refractivity contribution is 5.95. The number of carbonyl (C=O) groups excluding carboxylic acids is 4. The van der Waals surface area contributed by atoms with Crippen LogP contribution in [-0.2, 0) is 24.0 Å². The van der Waals surface area contributed by atoms with Crippen molar-refractivity contribution in [2.45, 2.75) is 65.1 Å². The van der Waals surface area contributed by atoms with Gasteiger partial charge in [0.2, 0.25) is 23.6 Å². The van der Waals surface area contributed by atoms with Crippen LogP contribution in [0.1, 0.15) is 47.0 Å². The van der Waals surface area contributed by atoms with Crippen LogP contribution in [0.4, 0.5) is 0 Å². The van der Waals surface area contributed by atoms with E-state index >= 15 is 0 Å². The first-order chi connectivity index (χ1) is 13.4. The molecule has 0 saturated carbocycles. The molecule has 0 aliphatic carbocycles. The molecule has 0 fully saturated rings. The summed E-state index contributed by atoms with van der Waals surface area (Å²) < 4.78 is 0. The Morgan fingerprint density at radius 1 is 0.966 bits per heavy atom. The predicted octanol–water partition coefficient (Wildman–Crippen LogP) is -1.55. The predicted molar refractivity (Wildman–Crippen MR) is 105 cm³/mol. The van der Waals surface area contributed by atoms with Gasteiger partial charge >= 0.3 is 5.97 Å². The van der Waals surface area contributed by atoms with Crippen molar-refractivity contribution in [3.8, 4) is 0 Å². The molecule has 4 atom stereocenters. The number of nitrogens with one attached hydrogen (secondary N) is 3. The van der Waals surface area contributed by atoms with Crippen LogP contribution in [0.2, 0.25) is 0 Å². The van der Waals surface area contributed by atoms with Crippen molar-refractivity contribution in [2.75, 3.05) is 6.54 Å². The third-order valence-corrected chi connectivity index (χ3v) is 4.31. The Hall–Kier alpha value is -2.69. The van der Waals surface area contributed by atoms with Gasteiger partial charge in [0, 0.05) is 0 Å². The lowest BCUT2D eigenvalue weighted by Crippen LogP contribution is -2.58. The number of carboxylic acid groups (broad SMARTS) is 1. The van der Waals surface area contributed by atoms with E-state index in [1.54, 1.807) is 13.8 Å². The first-order valence-corrected chi connectivity index (χ1v) is 9.53. The minimum atomic E-state index is -1.31. The van der Waals surface area contributed by atoms with Gasteiger partial charge in [-0.3, -0.25) is 24.0 Å². The summed E-state index contributed by atoms with van der Waals surface area (Å²) in [6, 6.07) is -3.23. The number of primary amides is 1. The highest BCUT2D eigenvalue weighted by atomic mass is 16.4. The van der Waals surface area contributed by atoms with Gasteiger partial charge in [0.1, 0.15) is 18.6 Å². The van der Waals surface area contributed by atoms with Gasteiger partial charge in [0.05, 0.1) is 12.5 Å². The van der Waals surface area contributed by atoms with Crippen molar-refractivity contribution in [1.82, 2.24) is 16.0 Å². The molecule has 0 aliphatic rings. The number of hydrogen-bond acceptors (Lipinski definition) is 6. The summed E-state index contributed by atoms with van der Waals surface area (Å²) in [6.07, 6.45) is 0.414. The molecule has 29 heavy (non-hydrogen) atoms. The first kappa shape index (κ1) is 26.3. The molecule has 0 aromatic heterocycles. The fourth-order valence-corrected chi connectivity index (χ4v) is 2.53. The van der Waals surface area contributed by atoms with Gasteiger partial charge < -0.3 is 32.5 Å². The van der Waals surface area contributed by atoms with E-state index in [1.165, 1.54) is 0 Å². The number of hydrogen-bond donors (Lipinski definition) is 6. The number of carbonyl (C=O) groups is 5. The SMILES string of the molecule is CCC(C)C(NC(=O)C(CC(N)=O)NC(=O)C(N)CC(C)C)C(=O)NCC(=O)O. The molecule has 11 nitrogen and oxygen atoms in total. The molecule has 0 saturated heterocycles. The quantitative estimate of drug-likeness (QED) is 0.209. The van der Waals surface area contributed by atoms with Crippen LogP contribution in [0.15, 0.2) is 0 Å². The van der Waals surface area contributed by atoms with E-state index in [4.69, 9.17) is 16.6 Å². The zero-order valence-corrected chi connectivity index (χ0v) is 17.4. The van der Waals surface area contributed by atoms with Gasteiger partial charge in [0.15, 0.2) is 0 Å². The van der Waals surface area contributed by atoms with Crippen molar-refractivity contribution in [3.05, 3.63) is 0 Å². The summed E-state index contributed by atoms with van der Waals surface area (Å²) in [6.45, 7) is 6.65. The van der Waals surface area contributed by atoms with Crippen molar-refractivity contribution in [3.63, 3.8) is 0 Å². The van der Waals surface area contributed by atoms with E-state index in [0.29, 0.717) is 12.8 Å². The minimum absolute atomic E-state index is 0.145. The smallest absolute Gasteiger partial charge is 0.322 e. The van der Waals surface area contributed by atoms with E-state index in [0.717, 1.165) is 0 Å². The summed E-state index contributed by atoms with van der Waals surface area (Å²) in [5, 5.41) is 15.8. The normalized spacial score (nSPS) is 15.0. The van der Waals surface area contributed by atoms with Gasteiger partial charge in [-0.1, -0.05) is 34.1 Å². The van der Waals surface area contributed by atoms with Gasteiger partial charge in [-0.05, 0) is 18.3 Å². The molecule has 166 valence electrons. The highest BCUT2D eigenvalue weighted by Crippen LogP contribution is 2.09. The van der Waals surface area contributed by atoms with Crippen LogP contribution in [0, 0.1) is 11.8 Å². The maximum absolute atomic E-state index is 12.7. The molecular formula is C18H33N5O6. The van der Waals surface area contributed by atoms with E-state index < -0.39 is 60.7 Å². The Kier molecular flexibility index (Phi) is 11.5. The van der Waals surface area contributed by atoms with Crippen LogP contribution in [0.3, 0.4) is 0 Å². The first-order valence-electron chi connectivity index (χ1n) is 9.53. The highest BCUT2D eigenvalue weighted by Gasteiger charge is 2.31. The van der Waals surface area contributed by atoms with E-state index in [9.17, 15) is 24.0 Å². The van der Waals surface area contributed by atoms with Crippen LogP contribution in [0.25, 0.3) is 0 Å². The molecule has 0 aromatic rings. The van der Waals surface area contributed by atoms with Crippen LogP contribution >= 0.6 is 0 Å². The standard InChI is InChI=1S/C18H33N5O6/c1-5-10(4)15(18(29)21-8-14(25)26)23-17(28)12(7-13(20)24)22-16(27)11(19)6-9(2)3/h9-12,15H,5-8,19H2,1-4H3,(H2,20,24)(H,21,29)(H,22,27)(H,23,28)(H,25,26). The summed E-state index contributed by atoms with van der Waals surface area (Å²) in [4.78, 5) is 59.2. The number of amides is 4. The second-order valence-electron chi connectivity index (χ2n) is 7.45. The second kappa shape index (κ2) is 12.7. The average Bonchev–Trinajstić information content (AvgIpc) is 2.61. The van der Waals surface area contributed by atoms with Crippen molar-refractivity contribution >= 4 is 29.6 Å². The number of rotatable bonds is 13. The lowest BCUT2D eigenvalue weighted by atomic mass is 9.97. The molecule has 4 amide bonds. The molecular weight excluding hydrogens is 382 g/mol. The monoisotopic (exact) mass is 415 g/mol. The lowest BCUT2D eigenvalue weighted by Gasteiger charge is -2.26.